The summed E-state index contributed by atoms with van der Waals surface area (Å²) in [6.45, 7) is 0.405. The molecule has 0 aliphatic carbocycles. The Balaban J connectivity index is 2.01. The highest BCUT2D eigenvalue weighted by Crippen LogP contribution is 2.34. The summed E-state index contributed by atoms with van der Waals surface area (Å²) in [6.07, 6.45) is 5.76. The highest BCUT2D eigenvalue weighted by atomic mass is 79.9. The lowest BCUT2D eigenvalue weighted by Crippen LogP contribution is -2.34. The van der Waals surface area contributed by atoms with Crippen LogP contribution in [0.25, 0.3) is 0 Å². The molecule has 1 aromatic heterocycles. The predicted molar refractivity (Wildman–Crippen MR) is 95.4 cm³/mol. The largest absolute Gasteiger partial charge is 0.383 e. The molecule has 5 heteroatoms. The van der Waals surface area contributed by atoms with Crippen LogP contribution in [0, 0.1) is 0 Å². The fourth-order valence-corrected chi connectivity index (χ4v) is 3.77. The van der Waals surface area contributed by atoms with Crippen LogP contribution < -0.4 is 0 Å². The third-order valence-electron chi connectivity index (χ3n) is 3.78. The van der Waals surface area contributed by atoms with Crippen molar-refractivity contribution in [2.75, 3.05) is 0 Å². The van der Waals surface area contributed by atoms with Gasteiger partial charge in [0.15, 0.2) is 0 Å². The third-order valence-corrected chi connectivity index (χ3v) is 4.67. The molecule has 1 heterocycles. The Hall–Kier alpha value is -1.62. The van der Waals surface area contributed by atoms with Crippen LogP contribution in [-0.2, 0) is 18.6 Å². The average Bonchev–Trinajstić information content (AvgIpc) is 3.00. The molecule has 3 aromatic rings. The quantitative estimate of drug-likeness (QED) is 0.699. The summed E-state index contributed by atoms with van der Waals surface area (Å²) in [5, 5.41) is 12.1. The molecule has 3 nitrogen and oxygen atoms in total. The van der Waals surface area contributed by atoms with Gasteiger partial charge in [-0.15, -0.1) is 0 Å². The molecule has 0 spiro atoms. The zero-order valence-corrected chi connectivity index (χ0v) is 14.7. The van der Waals surface area contributed by atoms with E-state index in [1.54, 1.807) is 24.7 Å². The molecule has 0 bridgehead atoms. The Morgan fingerprint density at radius 2 is 1.96 bits per heavy atom. The SMILES string of the molecule is OC(Cc1ccccc1)(Cn1ccnc1)c1ccc(Cl)cc1Br. The van der Waals surface area contributed by atoms with Crippen molar-refractivity contribution in [2.24, 2.45) is 0 Å². The van der Waals surface area contributed by atoms with Crippen LogP contribution >= 0.6 is 27.5 Å². The van der Waals surface area contributed by atoms with Crippen molar-refractivity contribution in [2.45, 2.75) is 18.6 Å². The lowest BCUT2D eigenvalue weighted by Gasteiger charge is -2.30. The number of nitrogens with zero attached hydrogens (tertiary/aromatic N) is 2. The Morgan fingerprint density at radius 3 is 2.61 bits per heavy atom. The fourth-order valence-electron chi connectivity index (χ4n) is 2.72. The minimum absolute atomic E-state index is 0.405. The number of rotatable bonds is 5. The van der Waals surface area contributed by atoms with Gasteiger partial charge in [-0.25, -0.2) is 4.98 Å². The highest BCUT2D eigenvalue weighted by molar-refractivity contribution is 9.10. The van der Waals surface area contributed by atoms with E-state index in [-0.39, 0.29) is 0 Å². The van der Waals surface area contributed by atoms with Crippen LogP contribution in [0.4, 0.5) is 0 Å². The molecule has 1 unspecified atom stereocenters. The molecule has 3 rings (SSSR count). The van der Waals surface area contributed by atoms with Gasteiger partial charge in [-0.05, 0) is 23.3 Å². The first-order valence-corrected chi connectivity index (χ1v) is 8.41. The van der Waals surface area contributed by atoms with Gasteiger partial charge in [-0.3, -0.25) is 0 Å². The van der Waals surface area contributed by atoms with E-state index in [1.165, 1.54) is 0 Å². The minimum atomic E-state index is -1.08. The van der Waals surface area contributed by atoms with Crippen LogP contribution in [0.15, 0.2) is 71.7 Å². The molecular weight excluding hydrogens is 376 g/mol. The Labute approximate surface area is 148 Å². The standard InChI is InChI=1S/C18H16BrClN2O/c19-17-10-15(20)6-7-16(17)18(23,12-22-9-8-21-13-22)11-14-4-2-1-3-5-14/h1-10,13,23H,11-12H2. The monoisotopic (exact) mass is 390 g/mol. The second-order valence-electron chi connectivity index (χ2n) is 5.55. The van der Waals surface area contributed by atoms with Gasteiger partial charge < -0.3 is 9.67 Å². The number of hydrogen-bond donors (Lipinski definition) is 1. The van der Waals surface area contributed by atoms with Crippen molar-refractivity contribution in [1.29, 1.82) is 0 Å². The van der Waals surface area contributed by atoms with Crippen LogP contribution in [-0.4, -0.2) is 14.7 Å². The van der Waals surface area contributed by atoms with Crippen molar-refractivity contribution < 1.29 is 5.11 Å². The van der Waals surface area contributed by atoms with E-state index in [9.17, 15) is 5.11 Å². The van der Waals surface area contributed by atoms with Crippen molar-refractivity contribution in [1.82, 2.24) is 9.55 Å². The Kier molecular flexibility index (Phi) is 4.85. The predicted octanol–water partition coefficient (Wildman–Crippen LogP) is 4.43. The number of benzene rings is 2. The smallest absolute Gasteiger partial charge is 0.113 e. The summed E-state index contributed by atoms with van der Waals surface area (Å²) in [4.78, 5) is 4.06. The van der Waals surface area contributed by atoms with E-state index < -0.39 is 5.60 Å². The molecule has 0 saturated carbocycles. The molecule has 23 heavy (non-hydrogen) atoms. The summed E-state index contributed by atoms with van der Waals surface area (Å²) in [6, 6.07) is 15.4. The molecule has 0 radical (unpaired) electrons. The topological polar surface area (TPSA) is 38.0 Å². The lowest BCUT2D eigenvalue weighted by molar-refractivity contribution is 0.0178. The molecular formula is C18H16BrClN2O. The maximum absolute atomic E-state index is 11.5. The maximum atomic E-state index is 11.5. The van der Waals surface area contributed by atoms with Crippen LogP contribution in [0.3, 0.4) is 0 Å². The fraction of sp³-hybridized carbons (Fsp3) is 0.167. The van der Waals surface area contributed by atoms with E-state index in [0.29, 0.717) is 18.0 Å². The van der Waals surface area contributed by atoms with Gasteiger partial charge in [0.2, 0.25) is 0 Å². The number of aromatic nitrogens is 2. The highest BCUT2D eigenvalue weighted by Gasteiger charge is 2.32. The number of hydrogen-bond acceptors (Lipinski definition) is 2. The van der Waals surface area contributed by atoms with Gasteiger partial charge in [-0.2, -0.15) is 0 Å². The second-order valence-corrected chi connectivity index (χ2v) is 6.84. The number of aliphatic hydroxyl groups is 1. The Morgan fingerprint density at radius 1 is 1.17 bits per heavy atom. The number of halogens is 2. The molecule has 0 amide bonds. The third kappa shape index (κ3) is 3.83. The van der Waals surface area contributed by atoms with Gasteiger partial charge in [0.1, 0.15) is 5.60 Å². The van der Waals surface area contributed by atoms with Crippen LogP contribution in [0.2, 0.25) is 5.02 Å². The summed E-state index contributed by atoms with van der Waals surface area (Å²) >= 11 is 9.57. The summed E-state index contributed by atoms with van der Waals surface area (Å²) in [5.74, 6) is 0. The Bertz CT molecular complexity index is 777. The van der Waals surface area contributed by atoms with Gasteiger partial charge >= 0.3 is 0 Å². The number of imidazole rings is 1. The molecule has 1 N–H and O–H groups in total. The van der Waals surface area contributed by atoms with Gasteiger partial charge in [0.05, 0.1) is 12.9 Å². The first-order valence-electron chi connectivity index (χ1n) is 7.24. The summed E-state index contributed by atoms with van der Waals surface area (Å²) < 4.78 is 2.67. The second kappa shape index (κ2) is 6.87. The molecule has 118 valence electrons. The van der Waals surface area contributed by atoms with Gasteiger partial charge in [0, 0.05) is 28.3 Å². The minimum Gasteiger partial charge on any atom is -0.383 e. The molecule has 0 aliphatic heterocycles. The van der Waals surface area contributed by atoms with Gasteiger partial charge in [-0.1, -0.05) is 63.9 Å². The molecule has 2 aromatic carbocycles. The van der Waals surface area contributed by atoms with E-state index in [4.69, 9.17) is 11.6 Å². The first-order chi connectivity index (χ1) is 11.1. The van der Waals surface area contributed by atoms with Crippen LogP contribution in [0.5, 0.6) is 0 Å². The zero-order valence-electron chi connectivity index (χ0n) is 12.4. The summed E-state index contributed by atoms with van der Waals surface area (Å²) in [5.41, 5.74) is 0.794. The van der Waals surface area contributed by atoms with E-state index >= 15 is 0 Å². The zero-order chi connectivity index (χ0) is 16.3. The van der Waals surface area contributed by atoms with Crippen LogP contribution in [0.1, 0.15) is 11.1 Å². The van der Waals surface area contributed by atoms with Crippen molar-refractivity contribution in [3.8, 4) is 0 Å². The van der Waals surface area contributed by atoms with Crippen molar-refractivity contribution in [3.05, 3.63) is 87.9 Å². The molecule has 1 atom stereocenters. The lowest BCUT2D eigenvalue weighted by atomic mass is 9.87. The molecule has 0 aliphatic rings. The van der Waals surface area contributed by atoms with Gasteiger partial charge in [0.25, 0.3) is 0 Å². The first kappa shape index (κ1) is 16.2. The average molecular weight is 392 g/mol. The van der Waals surface area contributed by atoms with Crippen molar-refractivity contribution >= 4 is 27.5 Å². The maximum Gasteiger partial charge on any atom is 0.113 e. The van der Waals surface area contributed by atoms with E-state index in [0.717, 1.165) is 15.6 Å². The molecule has 0 fully saturated rings. The summed E-state index contributed by atoms with van der Waals surface area (Å²) in [7, 11) is 0. The normalized spacial score (nSPS) is 13.7. The van der Waals surface area contributed by atoms with E-state index in [1.807, 2.05) is 47.2 Å². The van der Waals surface area contributed by atoms with Crippen molar-refractivity contribution in [3.63, 3.8) is 0 Å². The molecule has 0 saturated heterocycles. The van der Waals surface area contributed by atoms with E-state index in [2.05, 4.69) is 20.9 Å².